The number of methoxy groups -OCH3 is 1. The Labute approximate surface area is 246 Å². The molecule has 3 aromatic rings. The summed E-state index contributed by atoms with van der Waals surface area (Å²) in [6.07, 6.45) is 5.59. The Kier molecular flexibility index (Phi) is 10.4. The zero-order chi connectivity index (χ0) is 29.4. The summed E-state index contributed by atoms with van der Waals surface area (Å²) in [5, 5.41) is 13.1. The molecule has 41 heavy (non-hydrogen) atoms. The van der Waals surface area contributed by atoms with Crippen LogP contribution in [0.1, 0.15) is 83.3 Å². The van der Waals surface area contributed by atoms with E-state index in [1.54, 1.807) is 7.11 Å². The molecular formula is C36H47NO4. The topological polar surface area (TPSA) is 67.8 Å². The van der Waals surface area contributed by atoms with Crippen molar-refractivity contribution in [2.24, 2.45) is 11.8 Å². The summed E-state index contributed by atoms with van der Waals surface area (Å²) in [5.41, 5.74) is 5.92. The summed E-state index contributed by atoms with van der Waals surface area (Å²) >= 11 is 0. The molecule has 1 saturated carbocycles. The summed E-state index contributed by atoms with van der Waals surface area (Å²) in [7, 11) is 1.71. The number of hydrogen-bond donors (Lipinski definition) is 2. The second-order valence-corrected chi connectivity index (χ2v) is 12.5. The average molecular weight is 558 g/mol. The zero-order valence-corrected chi connectivity index (χ0v) is 25.4. The van der Waals surface area contributed by atoms with Crippen molar-refractivity contribution in [1.29, 1.82) is 0 Å². The number of hydrogen-bond acceptors (Lipinski definition) is 4. The third-order valence-electron chi connectivity index (χ3n) is 8.19. The third kappa shape index (κ3) is 8.76. The Hall–Kier alpha value is -3.47. The summed E-state index contributed by atoms with van der Waals surface area (Å²) < 4.78 is 11.8. The highest BCUT2D eigenvalue weighted by Gasteiger charge is 2.33. The van der Waals surface area contributed by atoms with E-state index in [0.29, 0.717) is 18.4 Å². The second kappa shape index (κ2) is 13.9. The normalized spacial score (nSPS) is 14.8. The van der Waals surface area contributed by atoms with Crippen molar-refractivity contribution < 1.29 is 19.4 Å². The lowest BCUT2D eigenvalue weighted by atomic mass is 9.85. The maximum Gasteiger partial charge on any atom is 0.303 e. The summed E-state index contributed by atoms with van der Waals surface area (Å²) in [5.74, 6) is 1.91. The molecule has 0 bridgehead atoms. The number of nitrogens with one attached hydrogen (secondary N) is 1. The van der Waals surface area contributed by atoms with Gasteiger partial charge in [0.25, 0.3) is 0 Å². The van der Waals surface area contributed by atoms with Crippen LogP contribution in [0.25, 0.3) is 11.1 Å². The van der Waals surface area contributed by atoms with Crippen LogP contribution in [-0.4, -0.2) is 31.3 Å². The highest BCUT2D eigenvalue weighted by atomic mass is 16.5. The molecule has 0 saturated heterocycles. The Morgan fingerprint density at radius 3 is 2.46 bits per heavy atom. The summed E-state index contributed by atoms with van der Waals surface area (Å²) in [6, 6.07) is 23.2. The fourth-order valence-corrected chi connectivity index (χ4v) is 5.62. The average Bonchev–Trinajstić information content (AvgIpc) is 3.80. The third-order valence-corrected chi connectivity index (χ3v) is 8.19. The van der Waals surface area contributed by atoms with Gasteiger partial charge >= 0.3 is 5.97 Å². The van der Waals surface area contributed by atoms with Crippen molar-refractivity contribution >= 4 is 11.7 Å². The van der Waals surface area contributed by atoms with E-state index in [1.807, 2.05) is 18.2 Å². The molecular weight excluding hydrogens is 510 g/mol. The van der Waals surface area contributed by atoms with Crippen LogP contribution in [0.4, 0.5) is 5.69 Å². The van der Waals surface area contributed by atoms with Gasteiger partial charge in [0.2, 0.25) is 0 Å². The van der Waals surface area contributed by atoms with Crippen LogP contribution < -0.4 is 14.8 Å². The van der Waals surface area contributed by atoms with Crippen LogP contribution in [-0.2, 0) is 10.2 Å². The van der Waals surface area contributed by atoms with Crippen LogP contribution in [0.15, 0.2) is 66.7 Å². The van der Waals surface area contributed by atoms with Gasteiger partial charge in [0.1, 0.15) is 11.5 Å². The molecule has 0 spiro atoms. The molecule has 2 unspecified atom stereocenters. The number of carboxylic acid groups (broad SMARTS) is 1. The molecule has 0 amide bonds. The van der Waals surface area contributed by atoms with Crippen LogP contribution in [0.2, 0.25) is 0 Å². The van der Waals surface area contributed by atoms with Gasteiger partial charge in [-0.1, -0.05) is 70.5 Å². The first-order chi connectivity index (χ1) is 19.7. The molecule has 0 aromatic heterocycles. The molecule has 5 nitrogen and oxygen atoms in total. The Morgan fingerprint density at radius 2 is 1.78 bits per heavy atom. The van der Waals surface area contributed by atoms with Gasteiger partial charge in [0.05, 0.1) is 20.1 Å². The first kappa shape index (κ1) is 30.5. The van der Waals surface area contributed by atoms with E-state index < -0.39 is 5.97 Å². The highest BCUT2D eigenvalue weighted by molar-refractivity contribution is 5.79. The van der Waals surface area contributed by atoms with Crippen molar-refractivity contribution in [3.8, 4) is 22.6 Å². The Bertz CT molecular complexity index is 1290. The van der Waals surface area contributed by atoms with Crippen molar-refractivity contribution in [1.82, 2.24) is 0 Å². The maximum absolute atomic E-state index is 11.4. The number of carbonyl (C=O) groups is 1. The van der Waals surface area contributed by atoms with Crippen molar-refractivity contribution in [2.45, 2.75) is 77.6 Å². The molecule has 1 fully saturated rings. The van der Waals surface area contributed by atoms with Crippen LogP contribution in [0, 0.1) is 11.8 Å². The van der Waals surface area contributed by atoms with E-state index in [0.717, 1.165) is 61.4 Å². The number of aliphatic carboxylic acids is 1. The minimum absolute atomic E-state index is 0.0767. The fourth-order valence-electron chi connectivity index (χ4n) is 5.62. The first-order valence-corrected chi connectivity index (χ1v) is 15.1. The van der Waals surface area contributed by atoms with Crippen LogP contribution in [0.3, 0.4) is 0 Å². The van der Waals surface area contributed by atoms with Gasteiger partial charge in [-0.2, -0.15) is 0 Å². The van der Waals surface area contributed by atoms with Gasteiger partial charge < -0.3 is 19.9 Å². The minimum Gasteiger partial charge on any atom is -0.497 e. The van der Waals surface area contributed by atoms with Gasteiger partial charge in [0.15, 0.2) is 0 Å². The largest absolute Gasteiger partial charge is 0.497 e. The highest BCUT2D eigenvalue weighted by Crippen LogP contribution is 2.45. The predicted molar refractivity (Wildman–Crippen MR) is 168 cm³/mol. The standard InChI is InChI=1S/C36H47NO4/c1-6-9-25(24-41-31-13-8-11-28(21-31)33(23-35(38)39)26-14-15-26)18-19-37-34-22-30(40-5)16-17-32(34)27-10-7-12-29(20-27)36(2,3)4/h7-8,10-13,16-17,20-22,25-26,33,37H,6,9,14-15,18-19,23-24H2,1-5H3,(H,38,39). The molecule has 0 heterocycles. The Balaban J connectivity index is 1.41. The minimum atomic E-state index is -0.732. The molecule has 0 aliphatic heterocycles. The van der Waals surface area contributed by atoms with Gasteiger partial charge in [-0.05, 0) is 89.8 Å². The fraction of sp³-hybridized carbons (Fsp3) is 0.472. The smallest absolute Gasteiger partial charge is 0.303 e. The molecule has 2 N–H and O–H groups in total. The summed E-state index contributed by atoms with van der Waals surface area (Å²) in [6.45, 7) is 10.4. The number of rotatable bonds is 15. The first-order valence-electron chi connectivity index (χ1n) is 15.1. The van der Waals surface area contributed by atoms with E-state index in [4.69, 9.17) is 9.47 Å². The molecule has 1 aliphatic rings. The molecule has 3 aromatic carbocycles. The number of carboxylic acids is 1. The van der Waals surface area contributed by atoms with Crippen molar-refractivity contribution in [2.75, 3.05) is 25.6 Å². The quantitative estimate of drug-likeness (QED) is 0.195. The lowest BCUT2D eigenvalue weighted by molar-refractivity contribution is -0.137. The van der Waals surface area contributed by atoms with Crippen molar-refractivity contribution in [3.63, 3.8) is 0 Å². The van der Waals surface area contributed by atoms with Gasteiger partial charge in [-0.3, -0.25) is 4.79 Å². The molecule has 2 atom stereocenters. The molecule has 5 heteroatoms. The predicted octanol–water partition coefficient (Wildman–Crippen LogP) is 8.93. The van der Waals surface area contributed by atoms with Gasteiger partial charge in [-0.15, -0.1) is 0 Å². The monoisotopic (exact) mass is 557 g/mol. The zero-order valence-electron chi connectivity index (χ0n) is 25.4. The van der Waals surface area contributed by atoms with Gasteiger partial charge in [0, 0.05) is 23.9 Å². The molecule has 220 valence electrons. The van der Waals surface area contributed by atoms with Crippen LogP contribution in [0.5, 0.6) is 11.5 Å². The Morgan fingerprint density at radius 1 is 1.00 bits per heavy atom. The second-order valence-electron chi connectivity index (χ2n) is 12.5. The molecule has 1 aliphatic carbocycles. The summed E-state index contributed by atoms with van der Waals surface area (Å²) in [4.78, 5) is 11.4. The van der Waals surface area contributed by atoms with E-state index in [2.05, 4.69) is 81.5 Å². The molecule has 0 radical (unpaired) electrons. The number of benzene rings is 3. The van der Waals surface area contributed by atoms with Crippen molar-refractivity contribution in [3.05, 3.63) is 77.9 Å². The van der Waals surface area contributed by atoms with Crippen LogP contribution >= 0.6 is 0 Å². The lowest BCUT2D eigenvalue weighted by Crippen LogP contribution is -2.17. The maximum atomic E-state index is 11.4. The number of ether oxygens (including phenoxy) is 2. The SMILES string of the molecule is CCCC(CCNc1cc(OC)ccc1-c1cccc(C(C)(C)C)c1)COc1cccc(C(CC(=O)O)C2CC2)c1. The molecule has 4 rings (SSSR count). The lowest BCUT2D eigenvalue weighted by Gasteiger charge is -2.22. The van der Waals surface area contributed by atoms with Gasteiger partial charge in [-0.25, -0.2) is 0 Å². The van der Waals surface area contributed by atoms with E-state index in [-0.39, 0.29) is 17.8 Å². The number of anilines is 1. The van der Waals surface area contributed by atoms with E-state index >= 15 is 0 Å². The van der Waals surface area contributed by atoms with E-state index in [1.165, 1.54) is 16.7 Å². The van der Waals surface area contributed by atoms with E-state index in [9.17, 15) is 9.90 Å².